The van der Waals surface area contributed by atoms with Gasteiger partial charge in [0.15, 0.2) is 11.6 Å². The summed E-state index contributed by atoms with van der Waals surface area (Å²) in [6.45, 7) is 5.12. The first-order chi connectivity index (χ1) is 15.8. The monoisotopic (exact) mass is 493 g/mol. The highest BCUT2D eigenvalue weighted by Crippen LogP contribution is 2.46. The Morgan fingerprint density at radius 2 is 1.82 bits per heavy atom. The molecule has 12 heteroatoms. The highest BCUT2D eigenvalue weighted by Gasteiger charge is 2.38. The van der Waals surface area contributed by atoms with Crippen LogP contribution in [0.5, 0.6) is 0 Å². The fourth-order valence-corrected chi connectivity index (χ4v) is 5.32. The molecule has 1 aliphatic heterocycles. The molecule has 1 aliphatic rings. The van der Waals surface area contributed by atoms with Crippen molar-refractivity contribution < 1.29 is 26.0 Å². The molecule has 2 aromatic heterocycles. The molecule has 0 radical (unpaired) electrons. The predicted octanol–water partition coefficient (Wildman–Crippen LogP) is 4.88. The summed E-state index contributed by atoms with van der Waals surface area (Å²) in [4.78, 5) is 0. The number of aromatic nitrogens is 4. The van der Waals surface area contributed by atoms with E-state index in [4.69, 9.17) is 0 Å². The summed E-state index contributed by atoms with van der Waals surface area (Å²) in [5.41, 5.74) is -2.26. The number of benzene rings is 2. The van der Waals surface area contributed by atoms with Crippen LogP contribution < -0.4 is 5.32 Å². The average Bonchev–Trinajstić information content (AvgIpc) is 3.31. The molecule has 2 aromatic carbocycles. The lowest BCUT2D eigenvalue weighted by atomic mass is 9.92. The van der Waals surface area contributed by atoms with Crippen LogP contribution in [-0.4, -0.2) is 33.4 Å². The van der Waals surface area contributed by atoms with Crippen molar-refractivity contribution in [2.24, 2.45) is 0 Å². The van der Waals surface area contributed by atoms with E-state index in [0.29, 0.717) is 11.6 Å². The van der Waals surface area contributed by atoms with E-state index in [1.165, 1.54) is 16.8 Å². The number of hydrogen-bond acceptors (Lipinski definition) is 5. The molecular formula is C22H19F4N5O2S. The van der Waals surface area contributed by atoms with E-state index in [-0.39, 0.29) is 27.8 Å². The molecule has 0 spiro atoms. The molecule has 7 nitrogen and oxygen atoms in total. The highest BCUT2D eigenvalue weighted by molar-refractivity contribution is 7.89. The topological polar surface area (TPSA) is 81.8 Å². The van der Waals surface area contributed by atoms with Crippen molar-refractivity contribution in [3.05, 3.63) is 59.3 Å². The van der Waals surface area contributed by atoms with Crippen LogP contribution >= 0.6 is 0 Å². The fraction of sp³-hybridized carbons (Fsp3) is 0.273. The molecule has 0 saturated carbocycles. The van der Waals surface area contributed by atoms with Gasteiger partial charge in [-0.1, -0.05) is 0 Å². The number of alkyl halides is 2. The minimum atomic E-state index is -3.83. The minimum Gasteiger partial charge on any atom is -0.371 e. The average molecular weight is 493 g/mol. The van der Waals surface area contributed by atoms with Crippen molar-refractivity contribution in [1.29, 1.82) is 0 Å². The van der Waals surface area contributed by atoms with E-state index in [9.17, 15) is 21.6 Å². The summed E-state index contributed by atoms with van der Waals surface area (Å²) >= 11 is 0. The summed E-state index contributed by atoms with van der Waals surface area (Å²) in [5.74, 6) is -1.21. The lowest BCUT2D eigenvalue weighted by Gasteiger charge is -2.35. The Labute approximate surface area is 192 Å². The summed E-state index contributed by atoms with van der Waals surface area (Å²) < 4.78 is 85.9. The number of nitrogens with one attached hydrogen (secondary N) is 1. The summed E-state index contributed by atoms with van der Waals surface area (Å²) in [6, 6.07) is 4.35. The third-order valence-corrected chi connectivity index (χ3v) is 6.96. The van der Waals surface area contributed by atoms with E-state index >= 15 is 4.39 Å². The van der Waals surface area contributed by atoms with Gasteiger partial charge >= 0.3 is 0 Å². The second kappa shape index (κ2) is 7.05. The van der Waals surface area contributed by atoms with Gasteiger partial charge in [0.05, 0.1) is 23.0 Å². The van der Waals surface area contributed by atoms with Gasteiger partial charge in [-0.2, -0.15) is 0 Å². The first kappa shape index (κ1) is 22.4. The third kappa shape index (κ3) is 3.11. The van der Waals surface area contributed by atoms with Crippen molar-refractivity contribution in [2.75, 3.05) is 11.6 Å². The van der Waals surface area contributed by atoms with Crippen LogP contribution in [0.1, 0.15) is 37.5 Å². The summed E-state index contributed by atoms with van der Waals surface area (Å²) in [7, 11) is -3.83. The molecule has 5 rings (SSSR count). The molecular weight excluding hydrogens is 474 g/mol. The molecule has 0 bridgehead atoms. The molecule has 0 fully saturated rings. The molecule has 178 valence electrons. The zero-order valence-electron chi connectivity index (χ0n) is 18.5. The fourth-order valence-electron chi connectivity index (χ4n) is 4.53. The van der Waals surface area contributed by atoms with Gasteiger partial charge in [-0.3, -0.25) is 4.57 Å². The SMILES string of the molecule is Cc1nnc2n1-c1c(cc(C(F)F)c(-c3cc(F)cc4c3ccn4S(C)(=O)=O)c1F)NC2(C)C. The maximum absolute atomic E-state index is 16.3. The molecule has 0 aliphatic carbocycles. The lowest BCUT2D eigenvalue weighted by Crippen LogP contribution is -2.36. The van der Waals surface area contributed by atoms with Crippen molar-refractivity contribution in [2.45, 2.75) is 32.7 Å². The molecule has 4 aromatic rings. The Hall–Kier alpha value is -3.41. The van der Waals surface area contributed by atoms with Gasteiger partial charge in [0.2, 0.25) is 10.0 Å². The predicted molar refractivity (Wildman–Crippen MR) is 119 cm³/mol. The lowest BCUT2D eigenvalue weighted by molar-refractivity contribution is 0.151. The number of rotatable bonds is 3. The van der Waals surface area contributed by atoms with Crippen molar-refractivity contribution in [3.63, 3.8) is 0 Å². The van der Waals surface area contributed by atoms with Gasteiger partial charge in [0, 0.05) is 22.7 Å². The smallest absolute Gasteiger partial charge is 0.264 e. The first-order valence-electron chi connectivity index (χ1n) is 10.2. The van der Waals surface area contributed by atoms with E-state index in [1.54, 1.807) is 20.8 Å². The van der Waals surface area contributed by atoms with E-state index in [2.05, 4.69) is 15.5 Å². The molecule has 0 atom stereocenters. The van der Waals surface area contributed by atoms with Gasteiger partial charge in [-0.25, -0.2) is 30.0 Å². The zero-order valence-corrected chi connectivity index (χ0v) is 19.3. The molecule has 0 saturated heterocycles. The maximum atomic E-state index is 16.3. The van der Waals surface area contributed by atoms with Crippen molar-refractivity contribution >= 4 is 26.6 Å². The van der Waals surface area contributed by atoms with Crippen LogP contribution in [0.2, 0.25) is 0 Å². The Balaban J connectivity index is 1.91. The van der Waals surface area contributed by atoms with Crippen LogP contribution in [-0.2, 0) is 15.6 Å². The molecule has 34 heavy (non-hydrogen) atoms. The maximum Gasteiger partial charge on any atom is 0.264 e. The number of anilines is 1. The van der Waals surface area contributed by atoms with Gasteiger partial charge in [0.1, 0.15) is 17.3 Å². The number of aryl methyl sites for hydroxylation is 1. The Morgan fingerprint density at radius 1 is 1.12 bits per heavy atom. The Morgan fingerprint density at radius 3 is 2.47 bits per heavy atom. The van der Waals surface area contributed by atoms with E-state index < -0.39 is 44.7 Å². The van der Waals surface area contributed by atoms with E-state index in [1.807, 2.05) is 0 Å². The number of hydrogen-bond donors (Lipinski definition) is 1. The number of fused-ring (bicyclic) bond motifs is 4. The van der Waals surface area contributed by atoms with Crippen LogP contribution in [0.4, 0.5) is 23.2 Å². The van der Waals surface area contributed by atoms with Gasteiger partial charge in [-0.15, -0.1) is 10.2 Å². The molecule has 1 N–H and O–H groups in total. The van der Waals surface area contributed by atoms with Crippen molar-refractivity contribution in [1.82, 2.24) is 18.7 Å². The van der Waals surface area contributed by atoms with Crippen LogP contribution in [0.25, 0.3) is 27.7 Å². The number of nitrogens with zero attached hydrogens (tertiary/aromatic N) is 4. The van der Waals surface area contributed by atoms with Crippen molar-refractivity contribution in [3.8, 4) is 16.8 Å². The molecule has 0 amide bonds. The molecule has 0 unspecified atom stereocenters. The summed E-state index contributed by atoms with van der Waals surface area (Å²) in [6.07, 6.45) is -1.00. The summed E-state index contributed by atoms with van der Waals surface area (Å²) in [5, 5.41) is 11.3. The van der Waals surface area contributed by atoms with E-state index in [0.717, 1.165) is 28.4 Å². The van der Waals surface area contributed by atoms with Gasteiger partial charge in [-0.05, 0) is 50.6 Å². The third-order valence-electron chi connectivity index (χ3n) is 5.92. The number of halogens is 4. The molecule has 3 heterocycles. The Bertz CT molecular complexity index is 1610. The Kier molecular flexibility index (Phi) is 4.64. The highest BCUT2D eigenvalue weighted by atomic mass is 32.2. The zero-order chi connectivity index (χ0) is 24.7. The van der Waals surface area contributed by atoms with Gasteiger partial charge in [0.25, 0.3) is 6.43 Å². The standard InChI is InChI=1S/C22H19F4N5O2S/c1-10-28-29-21-22(2,3)27-15-9-14(20(25)26)17(18(24)19(15)31(10)21)13-7-11(23)8-16-12(13)5-6-30(16)34(4,32)33/h5-9,20,27H,1-4H3. The normalized spacial score (nSPS) is 14.9. The van der Waals surface area contributed by atoms with Crippen LogP contribution in [0, 0.1) is 18.6 Å². The van der Waals surface area contributed by atoms with Crippen LogP contribution in [0.3, 0.4) is 0 Å². The second-order valence-electron chi connectivity index (χ2n) is 8.77. The second-order valence-corrected chi connectivity index (χ2v) is 10.6. The minimum absolute atomic E-state index is 0.0730. The first-order valence-corrected chi connectivity index (χ1v) is 12.0. The van der Waals surface area contributed by atoms with Gasteiger partial charge < -0.3 is 5.32 Å². The largest absolute Gasteiger partial charge is 0.371 e. The quantitative estimate of drug-likeness (QED) is 0.412. The van der Waals surface area contributed by atoms with Crippen LogP contribution in [0.15, 0.2) is 30.5 Å².